The number of nitrogens with zero attached hydrogens (tertiary/aromatic N) is 2. The van der Waals surface area contributed by atoms with Crippen molar-refractivity contribution >= 4 is 50.7 Å². The van der Waals surface area contributed by atoms with Crippen LogP contribution in [0, 0.1) is 6.92 Å². The Bertz CT molecular complexity index is 1120. The summed E-state index contributed by atoms with van der Waals surface area (Å²) in [4.78, 5) is 27.9. The summed E-state index contributed by atoms with van der Waals surface area (Å²) in [5.74, 6) is -0.809. The topological polar surface area (TPSA) is 86.8 Å². The van der Waals surface area contributed by atoms with Crippen LogP contribution in [0.3, 0.4) is 0 Å². The van der Waals surface area contributed by atoms with Gasteiger partial charge in [0.25, 0.3) is 0 Å². The van der Waals surface area contributed by atoms with E-state index < -0.39 is 28.5 Å². The van der Waals surface area contributed by atoms with Crippen LogP contribution in [-0.2, 0) is 26.2 Å². The van der Waals surface area contributed by atoms with E-state index in [1.807, 2.05) is 6.92 Å². The van der Waals surface area contributed by atoms with E-state index in [1.54, 1.807) is 56.3 Å². The molecule has 34 heavy (non-hydrogen) atoms. The van der Waals surface area contributed by atoms with Crippen LogP contribution in [0.25, 0.3) is 0 Å². The van der Waals surface area contributed by atoms with Crippen molar-refractivity contribution in [1.82, 2.24) is 10.2 Å². The van der Waals surface area contributed by atoms with E-state index in [0.29, 0.717) is 39.8 Å². The summed E-state index contributed by atoms with van der Waals surface area (Å²) in [5.41, 5.74) is 1.62. The van der Waals surface area contributed by atoms with E-state index in [4.69, 9.17) is 23.2 Å². The molecular formula is C24H31Cl2N3O4S. The first-order valence-electron chi connectivity index (χ1n) is 11.0. The zero-order valence-electron chi connectivity index (χ0n) is 19.8. The summed E-state index contributed by atoms with van der Waals surface area (Å²) in [6, 6.07) is 11.0. The van der Waals surface area contributed by atoms with Crippen molar-refractivity contribution in [1.29, 1.82) is 0 Å². The lowest BCUT2D eigenvalue weighted by Gasteiger charge is -2.33. The number of nitrogens with one attached hydrogen (secondary N) is 1. The summed E-state index contributed by atoms with van der Waals surface area (Å²) in [7, 11) is -3.81. The predicted molar refractivity (Wildman–Crippen MR) is 138 cm³/mol. The molecule has 2 amide bonds. The van der Waals surface area contributed by atoms with Crippen LogP contribution in [-0.4, -0.2) is 50.5 Å². The molecule has 10 heteroatoms. The molecule has 0 fully saturated rings. The van der Waals surface area contributed by atoms with Crippen LogP contribution in [0.5, 0.6) is 0 Å². The fourth-order valence-electron chi connectivity index (χ4n) is 3.59. The molecule has 2 aromatic rings. The first-order valence-corrected chi connectivity index (χ1v) is 13.6. The SMILES string of the molecule is CCCNC(=O)C(CC)N(Cc1ccccc1Cl)C(=O)CN(c1ccc(Cl)cc1C)S(C)(=O)=O. The van der Waals surface area contributed by atoms with E-state index in [9.17, 15) is 18.0 Å². The van der Waals surface area contributed by atoms with Gasteiger partial charge < -0.3 is 10.2 Å². The fourth-order valence-corrected chi connectivity index (χ4v) is 4.92. The minimum atomic E-state index is -3.81. The molecule has 0 saturated heterocycles. The maximum absolute atomic E-state index is 13.6. The molecule has 0 aliphatic heterocycles. The fraction of sp³-hybridized carbons (Fsp3) is 0.417. The summed E-state index contributed by atoms with van der Waals surface area (Å²) in [6.45, 7) is 5.53. The first-order chi connectivity index (χ1) is 16.0. The Morgan fingerprint density at radius 3 is 2.32 bits per heavy atom. The van der Waals surface area contributed by atoms with Gasteiger partial charge in [-0.1, -0.05) is 55.2 Å². The molecule has 0 aliphatic carbocycles. The van der Waals surface area contributed by atoms with Gasteiger partial charge in [-0.15, -0.1) is 0 Å². The highest BCUT2D eigenvalue weighted by molar-refractivity contribution is 7.92. The standard InChI is InChI=1S/C24H31Cl2N3O4S/c1-5-13-27-24(31)21(6-2)28(15-18-9-7-8-10-20(18)26)23(30)16-29(34(4,32)33)22-12-11-19(25)14-17(22)3/h7-12,14,21H,5-6,13,15-16H2,1-4H3,(H,27,31). The van der Waals surface area contributed by atoms with Crippen molar-refractivity contribution in [3.8, 4) is 0 Å². The summed E-state index contributed by atoms with van der Waals surface area (Å²) in [5, 5.41) is 3.75. The van der Waals surface area contributed by atoms with E-state index in [2.05, 4.69) is 5.32 Å². The van der Waals surface area contributed by atoms with Crippen molar-refractivity contribution in [2.24, 2.45) is 0 Å². The highest BCUT2D eigenvalue weighted by Gasteiger charge is 2.32. The Morgan fingerprint density at radius 1 is 1.09 bits per heavy atom. The first kappa shape index (κ1) is 28.0. The van der Waals surface area contributed by atoms with Gasteiger partial charge in [-0.3, -0.25) is 13.9 Å². The van der Waals surface area contributed by atoms with Crippen molar-refractivity contribution in [2.45, 2.75) is 46.2 Å². The average molecular weight is 529 g/mol. The second-order valence-electron chi connectivity index (χ2n) is 8.03. The second-order valence-corrected chi connectivity index (χ2v) is 10.8. The molecule has 1 unspecified atom stereocenters. The molecule has 1 atom stereocenters. The van der Waals surface area contributed by atoms with E-state index >= 15 is 0 Å². The van der Waals surface area contributed by atoms with Gasteiger partial charge in [-0.2, -0.15) is 0 Å². The van der Waals surface area contributed by atoms with Crippen LogP contribution >= 0.6 is 23.2 Å². The molecule has 7 nitrogen and oxygen atoms in total. The van der Waals surface area contributed by atoms with Crippen molar-refractivity contribution in [3.05, 3.63) is 63.6 Å². The quantitative estimate of drug-likeness (QED) is 0.469. The summed E-state index contributed by atoms with van der Waals surface area (Å²) >= 11 is 12.4. The lowest BCUT2D eigenvalue weighted by Crippen LogP contribution is -2.52. The number of anilines is 1. The molecule has 2 aromatic carbocycles. The Balaban J connectivity index is 2.47. The molecule has 0 spiro atoms. The third kappa shape index (κ3) is 7.35. The number of carbonyl (C=O) groups excluding carboxylic acids is 2. The molecular weight excluding hydrogens is 497 g/mol. The van der Waals surface area contributed by atoms with Gasteiger partial charge in [0.1, 0.15) is 12.6 Å². The van der Waals surface area contributed by atoms with Crippen LogP contribution in [0.15, 0.2) is 42.5 Å². The summed E-state index contributed by atoms with van der Waals surface area (Å²) < 4.78 is 26.4. The number of sulfonamides is 1. The van der Waals surface area contributed by atoms with Gasteiger partial charge in [-0.25, -0.2) is 8.42 Å². The largest absolute Gasteiger partial charge is 0.354 e. The van der Waals surface area contributed by atoms with Gasteiger partial charge >= 0.3 is 0 Å². The zero-order chi connectivity index (χ0) is 25.5. The number of halogens is 2. The van der Waals surface area contributed by atoms with Gasteiger partial charge in [0, 0.05) is 23.1 Å². The van der Waals surface area contributed by atoms with Gasteiger partial charge in [0.2, 0.25) is 21.8 Å². The Labute approximate surface area is 212 Å². The highest BCUT2D eigenvalue weighted by Crippen LogP contribution is 2.26. The molecule has 0 aliphatic rings. The van der Waals surface area contributed by atoms with Crippen molar-refractivity contribution < 1.29 is 18.0 Å². The molecule has 0 aromatic heterocycles. The summed E-state index contributed by atoms with van der Waals surface area (Å²) in [6.07, 6.45) is 2.14. The van der Waals surface area contributed by atoms with Gasteiger partial charge in [0.05, 0.1) is 11.9 Å². The molecule has 0 radical (unpaired) electrons. The number of aryl methyl sites for hydroxylation is 1. The molecule has 0 saturated carbocycles. The molecule has 0 heterocycles. The number of hydrogen-bond donors (Lipinski definition) is 1. The van der Waals surface area contributed by atoms with Gasteiger partial charge in [-0.05, 0) is 55.2 Å². The van der Waals surface area contributed by atoms with Crippen molar-refractivity contribution in [2.75, 3.05) is 23.7 Å². The number of carbonyl (C=O) groups is 2. The van der Waals surface area contributed by atoms with Crippen LogP contribution in [0.1, 0.15) is 37.8 Å². The van der Waals surface area contributed by atoms with Gasteiger partial charge in [0.15, 0.2) is 0 Å². The number of hydrogen-bond acceptors (Lipinski definition) is 4. The Hall–Kier alpha value is -2.29. The number of benzene rings is 2. The lowest BCUT2D eigenvalue weighted by atomic mass is 10.1. The molecule has 0 bridgehead atoms. The number of amides is 2. The monoisotopic (exact) mass is 527 g/mol. The Morgan fingerprint density at radius 2 is 1.76 bits per heavy atom. The third-order valence-corrected chi connectivity index (χ3v) is 7.07. The third-order valence-electron chi connectivity index (χ3n) is 5.34. The zero-order valence-corrected chi connectivity index (χ0v) is 22.2. The number of rotatable bonds is 11. The van der Waals surface area contributed by atoms with Crippen LogP contribution in [0.4, 0.5) is 5.69 Å². The van der Waals surface area contributed by atoms with E-state index in [0.717, 1.165) is 17.0 Å². The van der Waals surface area contributed by atoms with Crippen molar-refractivity contribution in [3.63, 3.8) is 0 Å². The average Bonchev–Trinajstić information content (AvgIpc) is 2.76. The molecule has 186 valence electrons. The highest BCUT2D eigenvalue weighted by atomic mass is 35.5. The van der Waals surface area contributed by atoms with E-state index in [1.165, 1.54) is 4.90 Å². The lowest BCUT2D eigenvalue weighted by molar-refractivity contribution is -0.140. The molecule has 2 rings (SSSR count). The molecule has 1 N–H and O–H groups in total. The normalized spacial score (nSPS) is 12.2. The van der Waals surface area contributed by atoms with E-state index in [-0.39, 0.29) is 12.5 Å². The van der Waals surface area contributed by atoms with Crippen LogP contribution < -0.4 is 9.62 Å². The Kier molecular flexibility index (Phi) is 10.2. The van der Waals surface area contributed by atoms with Crippen LogP contribution in [0.2, 0.25) is 10.0 Å². The second kappa shape index (κ2) is 12.4. The minimum Gasteiger partial charge on any atom is -0.354 e. The predicted octanol–water partition coefficient (Wildman–Crippen LogP) is 4.40. The minimum absolute atomic E-state index is 0.0633. The smallest absolute Gasteiger partial charge is 0.244 e. The maximum atomic E-state index is 13.6. The maximum Gasteiger partial charge on any atom is 0.244 e.